The van der Waals surface area contributed by atoms with Crippen molar-refractivity contribution < 1.29 is 0 Å². The molecule has 3 nitrogen and oxygen atoms in total. The highest BCUT2D eigenvalue weighted by molar-refractivity contribution is 7.00. The van der Waals surface area contributed by atoms with Gasteiger partial charge in [0.15, 0.2) is 0 Å². The van der Waals surface area contributed by atoms with Gasteiger partial charge >= 0.3 is 0 Å². The molecule has 0 fully saturated rings. The molecule has 2 aliphatic carbocycles. The number of benzene rings is 9. The largest absolute Gasteiger partial charge is 0.311 e. The highest BCUT2D eigenvalue weighted by Crippen LogP contribution is 2.57. The lowest BCUT2D eigenvalue weighted by Gasteiger charge is -2.46. The van der Waals surface area contributed by atoms with Crippen molar-refractivity contribution in [1.82, 2.24) is 0 Å². The van der Waals surface area contributed by atoms with Crippen LogP contribution in [0.3, 0.4) is 0 Å². The maximum atomic E-state index is 2.70. The highest BCUT2D eigenvalue weighted by atomic mass is 15.2. The molecule has 0 amide bonds. The Kier molecular flexibility index (Phi) is 11.0. The first-order valence-corrected chi connectivity index (χ1v) is 28.1. The number of nitrogens with zero attached hydrogens (tertiary/aromatic N) is 3. The summed E-state index contributed by atoms with van der Waals surface area (Å²) in [6.07, 6.45) is 2.18. The third-order valence-electron chi connectivity index (χ3n) is 18.0. The van der Waals surface area contributed by atoms with E-state index in [-0.39, 0.29) is 33.8 Å². The van der Waals surface area contributed by atoms with Crippen molar-refractivity contribution in [3.8, 4) is 22.3 Å². The van der Waals surface area contributed by atoms with Gasteiger partial charge in [-0.25, -0.2) is 0 Å². The molecular formula is C73H72BN3. The predicted octanol–water partition coefficient (Wildman–Crippen LogP) is 18.1. The summed E-state index contributed by atoms with van der Waals surface area (Å²) in [5, 5.41) is 0. The summed E-state index contributed by atoms with van der Waals surface area (Å²) >= 11 is 0. The number of aryl methyl sites for hydroxylation is 1. The molecule has 382 valence electrons. The zero-order valence-corrected chi connectivity index (χ0v) is 47.3. The van der Waals surface area contributed by atoms with E-state index in [1.54, 1.807) is 0 Å². The quantitative estimate of drug-likeness (QED) is 0.147. The summed E-state index contributed by atoms with van der Waals surface area (Å²) in [6.45, 7) is 29.0. The molecule has 0 bridgehead atoms. The van der Waals surface area contributed by atoms with Gasteiger partial charge in [0.25, 0.3) is 6.71 Å². The third-order valence-corrected chi connectivity index (χ3v) is 18.0. The number of hydrogen-bond donors (Lipinski definition) is 0. The van der Waals surface area contributed by atoms with Gasteiger partial charge in [-0.05, 0) is 180 Å². The molecule has 0 spiro atoms. The van der Waals surface area contributed by atoms with Crippen molar-refractivity contribution in [3.63, 3.8) is 0 Å². The number of fused-ring (bicyclic) bond motifs is 6. The van der Waals surface area contributed by atoms with Gasteiger partial charge < -0.3 is 14.7 Å². The zero-order chi connectivity index (χ0) is 53.6. The molecule has 9 aromatic rings. The van der Waals surface area contributed by atoms with Crippen LogP contribution in [-0.2, 0) is 27.1 Å². The molecule has 0 saturated carbocycles. The number of rotatable bonds is 7. The molecule has 9 aromatic carbocycles. The van der Waals surface area contributed by atoms with Gasteiger partial charge in [0.2, 0.25) is 0 Å². The maximum absolute atomic E-state index is 2.70. The lowest BCUT2D eigenvalue weighted by Crippen LogP contribution is -2.61. The van der Waals surface area contributed by atoms with Gasteiger partial charge in [-0.15, -0.1) is 0 Å². The number of anilines is 9. The highest BCUT2D eigenvalue weighted by Gasteiger charge is 2.50. The third kappa shape index (κ3) is 7.83. The smallest absolute Gasteiger partial charge is 0.252 e. The van der Waals surface area contributed by atoms with E-state index < -0.39 is 0 Å². The summed E-state index contributed by atoms with van der Waals surface area (Å²) in [6, 6.07) is 74.3. The predicted molar refractivity (Wildman–Crippen MR) is 331 cm³/mol. The Morgan fingerprint density at radius 1 is 0.390 bits per heavy atom. The molecule has 2 aliphatic heterocycles. The van der Waals surface area contributed by atoms with E-state index in [1.165, 1.54) is 106 Å². The van der Waals surface area contributed by atoms with Crippen LogP contribution in [0.4, 0.5) is 51.2 Å². The minimum Gasteiger partial charge on any atom is -0.311 e. The average molecular weight is 1000 g/mol. The van der Waals surface area contributed by atoms with E-state index in [4.69, 9.17) is 0 Å². The van der Waals surface area contributed by atoms with E-state index >= 15 is 0 Å². The standard InChI is InChI=1S/C73H72BN3/c1-47-37-56-58(72(9,10)45-70(56,5)6)43-63(47)77-64-38-50(48-25-17-13-18-26-48)33-35-60(64)74-61-42-57-59(73(11,12)46-71(57,7)8)44-65(61)76(62-36-34-51(69(2,3)4)39-55(62)49-27-19-14-20-28-49)66-40-54(41-67(77)68(66)74)75(52-29-21-15-22-30-52)53-31-23-16-24-32-53/h13-44H,45-46H2,1-12H3. The van der Waals surface area contributed by atoms with Crippen LogP contribution < -0.4 is 31.1 Å². The molecule has 0 unspecified atom stereocenters. The van der Waals surface area contributed by atoms with Crippen molar-refractivity contribution in [2.45, 2.75) is 123 Å². The molecule has 0 N–H and O–H groups in total. The fraction of sp³-hybridized carbons (Fsp3) is 0.260. The van der Waals surface area contributed by atoms with Gasteiger partial charge in [0.1, 0.15) is 0 Å². The summed E-state index contributed by atoms with van der Waals surface area (Å²) in [5.74, 6) is 0. The van der Waals surface area contributed by atoms with Gasteiger partial charge in [0.05, 0.1) is 11.4 Å². The van der Waals surface area contributed by atoms with Crippen LogP contribution in [-0.4, -0.2) is 6.71 Å². The Morgan fingerprint density at radius 2 is 0.857 bits per heavy atom. The van der Waals surface area contributed by atoms with E-state index in [9.17, 15) is 0 Å². The first kappa shape index (κ1) is 49.0. The van der Waals surface area contributed by atoms with Crippen molar-refractivity contribution in [3.05, 3.63) is 228 Å². The van der Waals surface area contributed by atoms with Crippen LogP contribution in [0.1, 0.15) is 122 Å². The molecule has 0 atom stereocenters. The van der Waals surface area contributed by atoms with E-state index in [2.05, 4.69) is 292 Å². The fourth-order valence-corrected chi connectivity index (χ4v) is 14.9. The average Bonchev–Trinajstić information content (AvgIpc) is 3.96. The Bertz CT molecular complexity index is 3770. The lowest BCUT2D eigenvalue weighted by molar-refractivity contribution is 0.402. The minimum atomic E-state index is -0.0674. The summed E-state index contributed by atoms with van der Waals surface area (Å²) in [5.41, 5.74) is 27.9. The molecule has 0 saturated heterocycles. The Balaban J connectivity index is 1.21. The molecule has 13 rings (SSSR count). The molecule has 77 heavy (non-hydrogen) atoms. The van der Waals surface area contributed by atoms with Crippen LogP contribution >= 0.6 is 0 Å². The molecule has 4 aliphatic rings. The second-order valence-electron chi connectivity index (χ2n) is 26.5. The van der Waals surface area contributed by atoms with Crippen LogP contribution in [0.15, 0.2) is 194 Å². The summed E-state index contributed by atoms with van der Waals surface area (Å²) < 4.78 is 0. The van der Waals surface area contributed by atoms with Crippen molar-refractivity contribution in [2.24, 2.45) is 0 Å². The Hall–Kier alpha value is -7.56. The second kappa shape index (κ2) is 17.2. The monoisotopic (exact) mass is 1000 g/mol. The molecule has 2 heterocycles. The van der Waals surface area contributed by atoms with Crippen LogP contribution in [0.5, 0.6) is 0 Å². The van der Waals surface area contributed by atoms with Crippen LogP contribution in [0.2, 0.25) is 0 Å². The second-order valence-corrected chi connectivity index (χ2v) is 26.5. The first-order valence-electron chi connectivity index (χ1n) is 28.1. The topological polar surface area (TPSA) is 9.72 Å². The van der Waals surface area contributed by atoms with Gasteiger partial charge in [-0.1, -0.05) is 204 Å². The first-order chi connectivity index (χ1) is 36.7. The van der Waals surface area contributed by atoms with Gasteiger partial charge in [0, 0.05) is 45.4 Å². The van der Waals surface area contributed by atoms with Crippen molar-refractivity contribution in [1.29, 1.82) is 0 Å². The normalized spacial score (nSPS) is 16.8. The number of para-hydroxylation sites is 2. The molecule has 4 heteroatoms. The fourth-order valence-electron chi connectivity index (χ4n) is 14.9. The molecule has 0 aromatic heterocycles. The maximum Gasteiger partial charge on any atom is 0.252 e. The van der Waals surface area contributed by atoms with Crippen LogP contribution in [0.25, 0.3) is 22.3 Å². The summed E-state index contributed by atoms with van der Waals surface area (Å²) in [7, 11) is 0. The van der Waals surface area contributed by atoms with Gasteiger partial charge in [-0.3, -0.25) is 0 Å². The summed E-state index contributed by atoms with van der Waals surface area (Å²) in [4.78, 5) is 7.86. The lowest BCUT2D eigenvalue weighted by atomic mass is 9.33. The Labute approximate surface area is 459 Å². The molecule has 0 radical (unpaired) electrons. The Morgan fingerprint density at radius 3 is 1.40 bits per heavy atom. The van der Waals surface area contributed by atoms with E-state index in [1.807, 2.05) is 0 Å². The van der Waals surface area contributed by atoms with Gasteiger partial charge in [-0.2, -0.15) is 0 Å². The van der Waals surface area contributed by atoms with E-state index in [0.717, 1.165) is 29.9 Å². The zero-order valence-electron chi connectivity index (χ0n) is 47.3. The van der Waals surface area contributed by atoms with E-state index in [0.29, 0.717) is 0 Å². The van der Waals surface area contributed by atoms with Crippen molar-refractivity contribution >= 4 is 74.3 Å². The SMILES string of the molecule is Cc1cc2c(cc1N1c3cc(-c4ccccc4)ccc3B3c4cc5c(cc4N(c4ccc(C(C)(C)C)cc4-c4ccccc4)c4cc(N(c6ccccc6)c6ccccc6)cc1c43)C(C)(C)CC5(C)C)C(C)(C)CC2(C)C. The minimum absolute atomic E-state index is 0.00320. The van der Waals surface area contributed by atoms with Crippen LogP contribution in [0, 0.1) is 6.92 Å². The van der Waals surface area contributed by atoms with Crippen molar-refractivity contribution in [2.75, 3.05) is 14.7 Å². The number of hydrogen-bond acceptors (Lipinski definition) is 3. The molecular weight excluding hydrogens is 930 g/mol.